The monoisotopic (exact) mass is 580 g/mol. The van der Waals surface area contributed by atoms with Gasteiger partial charge in [0.1, 0.15) is 0 Å². The molecule has 0 heterocycles. The van der Waals surface area contributed by atoms with E-state index in [4.69, 9.17) is 0 Å². The summed E-state index contributed by atoms with van der Waals surface area (Å²) >= 11 is 0. The van der Waals surface area contributed by atoms with E-state index in [0.29, 0.717) is 0 Å². The molecule has 1 aliphatic carbocycles. The number of fused-ring (bicyclic) bond motifs is 6. The number of benzene rings is 9. The first-order valence-corrected chi connectivity index (χ1v) is 16.0. The molecule has 9 aromatic rings. The van der Waals surface area contributed by atoms with E-state index in [9.17, 15) is 0 Å². The topological polar surface area (TPSA) is 0 Å². The molecular formula is C46H28. The minimum Gasteiger partial charge on any atom is -0.0616 e. The Labute approximate surface area is 267 Å². The molecule has 0 radical (unpaired) electrons. The van der Waals surface area contributed by atoms with E-state index < -0.39 is 0 Å². The van der Waals surface area contributed by atoms with Crippen molar-refractivity contribution in [3.63, 3.8) is 0 Å². The van der Waals surface area contributed by atoms with Crippen LogP contribution in [-0.2, 0) is 0 Å². The molecular weight excluding hydrogens is 553 g/mol. The average Bonchev–Trinajstić information content (AvgIpc) is 3.43. The van der Waals surface area contributed by atoms with Crippen molar-refractivity contribution >= 4 is 43.1 Å². The Morgan fingerprint density at radius 1 is 0.217 bits per heavy atom. The van der Waals surface area contributed by atoms with Gasteiger partial charge in [0.25, 0.3) is 0 Å². The molecule has 0 saturated carbocycles. The normalized spacial score (nSPS) is 11.9. The Balaban J connectivity index is 1.04. The van der Waals surface area contributed by atoms with Gasteiger partial charge in [-0.1, -0.05) is 133 Å². The Kier molecular flexibility index (Phi) is 5.38. The maximum absolute atomic E-state index is 2.37. The lowest BCUT2D eigenvalue weighted by atomic mass is 9.92. The first kappa shape index (κ1) is 25.4. The summed E-state index contributed by atoms with van der Waals surface area (Å²) in [6.07, 6.45) is 0. The first-order chi connectivity index (χ1) is 22.8. The quantitative estimate of drug-likeness (QED) is 0.195. The maximum atomic E-state index is 2.37. The highest BCUT2D eigenvalue weighted by molar-refractivity contribution is 6.20. The van der Waals surface area contributed by atoms with Gasteiger partial charge in [-0.3, -0.25) is 0 Å². The molecule has 0 spiro atoms. The molecule has 0 N–H and O–H groups in total. The van der Waals surface area contributed by atoms with Crippen LogP contribution in [0.1, 0.15) is 0 Å². The molecule has 46 heavy (non-hydrogen) atoms. The molecule has 0 amide bonds. The van der Waals surface area contributed by atoms with Gasteiger partial charge in [0.05, 0.1) is 0 Å². The van der Waals surface area contributed by atoms with Crippen molar-refractivity contribution in [3.05, 3.63) is 170 Å². The molecule has 0 atom stereocenters. The zero-order valence-corrected chi connectivity index (χ0v) is 25.2. The summed E-state index contributed by atoms with van der Waals surface area (Å²) in [4.78, 5) is 0. The van der Waals surface area contributed by atoms with Gasteiger partial charge in [0.2, 0.25) is 0 Å². The summed E-state index contributed by atoms with van der Waals surface area (Å²) in [6, 6.07) is 62.9. The predicted octanol–water partition coefficient (Wildman–Crippen LogP) is 12.9. The Morgan fingerprint density at radius 3 is 1.33 bits per heavy atom. The highest BCUT2D eigenvalue weighted by atomic mass is 14.3. The van der Waals surface area contributed by atoms with Crippen LogP contribution in [0, 0.1) is 0 Å². The second kappa shape index (κ2) is 9.76. The van der Waals surface area contributed by atoms with E-state index in [0.717, 1.165) is 0 Å². The largest absolute Gasteiger partial charge is 0.0616 e. The average molecular weight is 581 g/mol. The molecule has 0 unspecified atom stereocenters. The molecule has 0 aliphatic heterocycles. The highest BCUT2D eigenvalue weighted by Crippen LogP contribution is 2.50. The van der Waals surface area contributed by atoms with E-state index >= 15 is 0 Å². The Hall–Kier alpha value is -5.98. The maximum Gasteiger partial charge on any atom is -0.00201 e. The van der Waals surface area contributed by atoms with Crippen LogP contribution in [0.25, 0.3) is 98.7 Å². The molecule has 0 heteroatoms. The second-order valence-corrected chi connectivity index (χ2v) is 12.6. The minimum atomic E-state index is 1.23. The van der Waals surface area contributed by atoms with Crippen molar-refractivity contribution in [1.82, 2.24) is 0 Å². The molecule has 9 aromatic carbocycles. The zero-order chi connectivity index (χ0) is 30.2. The van der Waals surface area contributed by atoms with Gasteiger partial charge < -0.3 is 0 Å². The van der Waals surface area contributed by atoms with Gasteiger partial charge in [-0.15, -0.1) is 0 Å². The van der Waals surface area contributed by atoms with Crippen molar-refractivity contribution in [2.45, 2.75) is 0 Å². The Bertz CT molecular complexity index is 2640. The van der Waals surface area contributed by atoms with Crippen molar-refractivity contribution in [1.29, 1.82) is 0 Å². The lowest BCUT2D eigenvalue weighted by Gasteiger charge is -2.12. The molecule has 212 valence electrons. The SMILES string of the molecule is c1cc(-c2ccc3cc(-c4ccc5ccccc5c4)ccc3c2)cc(-c2ccc3c4c(cccc24)-c2cc4ccccc4cc2-3)c1. The molecule has 10 rings (SSSR count). The summed E-state index contributed by atoms with van der Waals surface area (Å²) in [5.41, 5.74) is 12.8. The first-order valence-electron chi connectivity index (χ1n) is 16.0. The van der Waals surface area contributed by atoms with Crippen LogP contribution < -0.4 is 0 Å². The van der Waals surface area contributed by atoms with Crippen molar-refractivity contribution < 1.29 is 0 Å². The summed E-state index contributed by atoms with van der Waals surface area (Å²) in [5, 5.41) is 10.3. The summed E-state index contributed by atoms with van der Waals surface area (Å²) in [5.74, 6) is 0. The second-order valence-electron chi connectivity index (χ2n) is 12.6. The van der Waals surface area contributed by atoms with Crippen molar-refractivity contribution in [2.75, 3.05) is 0 Å². The lowest BCUT2D eigenvalue weighted by Crippen LogP contribution is -1.86. The van der Waals surface area contributed by atoms with Gasteiger partial charge in [-0.2, -0.15) is 0 Å². The van der Waals surface area contributed by atoms with E-state index in [-0.39, 0.29) is 0 Å². The molecule has 0 aromatic heterocycles. The molecule has 0 bridgehead atoms. The van der Waals surface area contributed by atoms with Gasteiger partial charge in [0.15, 0.2) is 0 Å². The van der Waals surface area contributed by atoms with Crippen LogP contribution in [0.5, 0.6) is 0 Å². The van der Waals surface area contributed by atoms with Crippen LogP contribution in [0.3, 0.4) is 0 Å². The molecule has 0 fully saturated rings. The van der Waals surface area contributed by atoms with Crippen molar-refractivity contribution in [2.24, 2.45) is 0 Å². The van der Waals surface area contributed by atoms with Crippen LogP contribution in [0.15, 0.2) is 170 Å². The van der Waals surface area contributed by atoms with Crippen molar-refractivity contribution in [3.8, 4) is 55.6 Å². The van der Waals surface area contributed by atoms with Gasteiger partial charge in [-0.25, -0.2) is 0 Å². The number of hydrogen-bond donors (Lipinski definition) is 0. The fraction of sp³-hybridized carbons (Fsp3) is 0. The van der Waals surface area contributed by atoms with Gasteiger partial charge in [-0.05, 0) is 135 Å². The van der Waals surface area contributed by atoms with E-state index in [2.05, 4.69) is 170 Å². The lowest BCUT2D eigenvalue weighted by molar-refractivity contribution is 1.62. The zero-order valence-electron chi connectivity index (χ0n) is 25.2. The third-order valence-corrected chi connectivity index (χ3v) is 9.94. The summed E-state index contributed by atoms with van der Waals surface area (Å²) < 4.78 is 0. The predicted molar refractivity (Wildman–Crippen MR) is 197 cm³/mol. The minimum absolute atomic E-state index is 1.23. The third-order valence-electron chi connectivity index (χ3n) is 9.94. The van der Waals surface area contributed by atoms with Crippen LogP contribution in [0.4, 0.5) is 0 Å². The standard InChI is InChI=1S/C46H28/c1-2-8-30-23-35(16-15-29(30)7-1)37-20-19-36-24-34(17-18-38(36)25-37)31-11-5-12-39(26-31)40-21-22-43-45-28-33-10-4-3-9-32(33)27-44(45)42-14-6-13-41(40)46(42)43/h1-28H. The summed E-state index contributed by atoms with van der Waals surface area (Å²) in [7, 11) is 0. The van der Waals surface area contributed by atoms with Crippen LogP contribution >= 0.6 is 0 Å². The third kappa shape index (κ3) is 3.87. The van der Waals surface area contributed by atoms with Gasteiger partial charge in [0, 0.05) is 0 Å². The number of rotatable bonds is 3. The smallest absolute Gasteiger partial charge is 0.00201 e. The number of hydrogen-bond acceptors (Lipinski definition) is 0. The fourth-order valence-corrected chi connectivity index (χ4v) is 7.63. The fourth-order valence-electron chi connectivity index (χ4n) is 7.63. The van der Waals surface area contributed by atoms with E-state index in [1.54, 1.807) is 0 Å². The molecule has 0 saturated heterocycles. The molecule has 0 nitrogen and oxygen atoms in total. The van der Waals surface area contributed by atoms with Gasteiger partial charge >= 0.3 is 0 Å². The molecule has 1 aliphatic rings. The highest BCUT2D eigenvalue weighted by Gasteiger charge is 2.23. The van der Waals surface area contributed by atoms with E-state index in [1.165, 1.54) is 98.7 Å². The van der Waals surface area contributed by atoms with Crippen LogP contribution in [-0.4, -0.2) is 0 Å². The Morgan fingerprint density at radius 2 is 0.674 bits per heavy atom. The summed E-state index contributed by atoms with van der Waals surface area (Å²) in [6.45, 7) is 0. The van der Waals surface area contributed by atoms with E-state index in [1.807, 2.05) is 0 Å². The van der Waals surface area contributed by atoms with Crippen LogP contribution in [0.2, 0.25) is 0 Å².